The number of carbonyl (C=O) groups excluding carboxylic acids is 1. The fraction of sp³-hybridized carbons (Fsp3) is 0.462. The van der Waals surface area contributed by atoms with Gasteiger partial charge in [-0.25, -0.2) is 0 Å². The number of aryl methyl sites for hydroxylation is 1. The molecule has 1 saturated heterocycles. The number of hydrogen-bond acceptors (Lipinski definition) is 2. The predicted octanol–water partition coefficient (Wildman–Crippen LogP) is 2.33. The Morgan fingerprint density at radius 1 is 1.53 bits per heavy atom. The Bertz CT molecular complexity index is 427. The lowest BCUT2D eigenvalue weighted by Gasteiger charge is -2.22. The zero-order chi connectivity index (χ0) is 12.4. The van der Waals surface area contributed by atoms with Gasteiger partial charge in [-0.05, 0) is 37.6 Å². The smallest absolute Gasteiger partial charge is 0.231 e. The molecule has 0 saturated carbocycles. The Morgan fingerprint density at radius 2 is 2.29 bits per heavy atom. The second kappa shape index (κ2) is 5.19. The molecule has 1 unspecified atom stereocenters. The zero-order valence-corrected chi connectivity index (χ0v) is 11.8. The minimum absolute atomic E-state index is 0.124. The SMILES string of the molecule is Cc1ccc(Br)cc1N(C)C(=O)C1CCNC1. The molecule has 0 aromatic heterocycles. The van der Waals surface area contributed by atoms with Gasteiger partial charge in [0.25, 0.3) is 0 Å². The molecule has 3 nitrogen and oxygen atoms in total. The van der Waals surface area contributed by atoms with Crippen molar-refractivity contribution in [3.05, 3.63) is 28.2 Å². The number of nitrogens with one attached hydrogen (secondary N) is 1. The summed E-state index contributed by atoms with van der Waals surface area (Å²) in [6.07, 6.45) is 0.941. The van der Waals surface area contributed by atoms with E-state index in [2.05, 4.69) is 21.2 Å². The summed E-state index contributed by atoms with van der Waals surface area (Å²) in [4.78, 5) is 14.1. The van der Waals surface area contributed by atoms with Gasteiger partial charge in [-0.2, -0.15) is 0 Å². The minimum atomic E-state index is 0.124. The Labute approximate surface area is 110 Å². The first-order valence-corrected chi connectivity index (χ1v) is 6.63. The van der Waals surface area contributed by atoms with Crippen molar-refractivity contribution in [3.8, 4) is 0 Å². The number of anilines is 1. The molecule has 1 aliphatic rings. The van der Waals surface area contributed by atoms with Crippen molar-refractivity contribution in [1.29, 1.82) is 0 Å². The lowest BCUT2D eigenvalue weighted by molar-refractivity contribution is -0.121. The van der Waals surface area contributed by atoms with Crippen LogP contribution >= 0.6 is 15.9 Å². The van der Waals surface area contributed by atoms with Crippen LogP contribution in [-0.2, 0) is 4.79 Å². The van der Waals surface area contributed by atoms with Gasteiger partial charge >= 0.3 is 0 Å². The largest absolute Gasteiger partial charge is 0.316 e. The van der Waals surface area contributed by atoms with E-state index < -0.39 is 0 Å². The van der Waals surface area contributed by atoms with E-state index in [0.717, 1.165) is 35.2 Å². The second-order valence-corrected chi connectivity index (χ2v) is 5.43. The predicted molar refractivity (Wildman–Crippen MR) is 73.3 cm³/mol. The summed E-state index contributed by atoms with van der Waals surface area (Å²) < 4.78 is 1.00. The number of hydrogen-bond donors (Lipinski definition) is 1. The van der Waals surface area contributed by atoms with Crippen molar-refractivity contribution in [2.45, 2.75) is 13.3 Å². The molecular formula is C13H17BrN2O. The van der Waals surface area contributed by atoms with Crippen LogP contribution in [0.25, 0.3) is 0 Å². The summed E-state index contributed by atoms with van der Waals surface area (Å²) in [5.41, 5.74) is 2.10. The molecule has 1 fully saturated rings. The number of amides is 1. The first-order chi connectivity index (χ1) is 8.09. The van der Waals surface area contributed by atoms with Gasteiger partial charge in [0.1, 0.15) is 0 Å². The van der Waals surface area contributed by atoms with Crippen molar-refractivity contribution < 1.29 is 4.79 Å². The van der Waals surface area contributed by atoms with Gasteiger partial charge in [-0.1, -0.05) is 22.0 Å². The first-order valence-electron chi connectivity index (χ1n) is 5.84. The summed E-state index contributed by atoms with van der Waals surface area (Å²) in [5, 5.41) is 3.23. The van der Waals surface area contributed by atoms with E-state index in [0.29, 0.717) is 0 Å². The third kappa shape index (κ3) is 2.69. The fourth-order valence-electron chi connectivity index (χ4n) is 2.20. The number of benzene rings is 1. The van der Waals surface area contributed by atoms with Gasteiger partial charge in [0.15, 0.2) is 0 Å². The molecule has 1 atom stereocenters. The molecule has 1 aromatic carbocycles. The fourth-order valence-corrected chi connectivity index (χ4v) is 2.55. The van der Waals surface area contributed by atoms with Crippen LogP contribution in [0, 0.1) is 12.8 Å². The monoisotopic (exact) mass is 296 g/mol. The molecular weight excluding hydrogens is 280 g/mol. The van der Waals surface area contributed by atoms with E-state index in [-0.39, 0.29) is 11.8 Å². The molecule has 4 heteroatoms. The molecule has 1 aromatic rings. The third-order valence-corrected chi connectivity index (χ3v) is 3.77. The maximum atomic E-state index is 12.3. The molecule has 1 aliphatic heterocycles. The lowest BCUT2D eigenvalue weighted by atomic mass is 10.1. The highest BCUT2D eigenvalue weighted by Crippen LogP contribution is 2.25. The molecule has 17 heavy (non-hydrogen) atoms. The van der Waals surface area contributed by atoms with Gasteiger partial charge in [0, 0.05) is 23.8 Å². The molecule has 1 N–H and O–H groups in total. The molecule has 0 spiro atoms. The van der Waals surface area contributed by atoms with E-state index in [1.54, 1.807) is 4.90 Å². The lowest BCUT2D eigenvalue weighted by Crippen LogP contribution is -2.34. The molecule has 0 bridgehead atoms. The summed E-state index contributed by atoms with van der Waals surface area (Å²) >= 11 is 3.45. The van der Waals surface area contributed by atoms with Crippen molar-refractivity contribution in [1.82, 2.24) is 5.32 Å². The van der Waals surface area contributed by atoms with Gasteiger partial charge in [-0.3, -0.25) is 4.79 Å². The topological polar surface area (TPSA) is 32.3 Å². The molecule has 0 aliphatic carbocycles. The standard InChI is InChI=1S/C13H17BrN2O/c1-9-3-4-11(14)7-12(9)16(2)13(17)10-5-6-15-8-10/h3-4,7,10,15H,5-6,8H2,1-2H3. The van der Waals surface area contributed by atoms with Crippen LogP contribution < -0.4 is 10.2 Å². The summed E-state index contributed by atoms with van der Waals surface area (Å²) in [6.45, 7) is 3.77. The van der Waals surface area contributed by atoms with Gasteiger partial charge in [0.05, 0.1) is 5.92 Å². The van der Waals surface area contributed by atoms with Gasteiger partial charge in [-0.15, -0.1) is 0 Å². The number of halogens is 1. The van der Waals surface area contributed by atoms with Crippen molar-refractivity contribution >= 4 is 27.5 Å². The van der Waals surface area contributed by atoms with E-state index in [1.165, 1.54) is 0 Å². The quantitative estimate of drug-likeness (QED) is 0.908. The zero-order valence-electron chi connectivity index (χ0n) is 10.2. The van der Waals surface area contributed by atoms with E-state index in [9.17, 15) is 4.79 Å². The first kappa shape index (κ1) is 12.6. The van der Waals surface area contributed by atoms with Crippen LogP contribution in [0.5, 0.6) is 0 Å². The highest BCUT2D eigenvalue weighted by atomic mass is 79.9. The van der Waals surface area contributed by atoms with Crippen molar-refractivity contribution in [2.24, 2.45) is 5.92 Å². The van der Waals surface area contributed by atoms with Gasteiger partial charge < -0.3 is 10.2 Å². The minimum Gasteiger partial charge on any atom is -0.316 e. The number of nitrogens with zero attached hydrogens (tertiary/aromatic N) is 1. The molecule has 1 heterocycles. The summed E-state index contributed by atoms with van der Waals surface area (Å²) in [5.74, 6) is 0.328. The maximum Gasteiger partial charge on any atom is 0.231 e. The van der Waals surface area contributed by atoms with Crippen LogP contribution in [-0.4, -0.2) is 26.0 Å². The molecule has 1 amide bonds. The van der Waals surface area contributed by atoms with Crippen LogP contribution in [0.2, 0.25) is 0 Å². The van der Waals surface area contributed by atoms with Crippen LogP contribution in [0.3, 0.4) is 0 Å². The number of carbonyl (C=O) groups is 1. The van der Waals surface area contributed by atoms with Crippen LogP contribution in [0.15, 0.2) is 22.7 Å². The summed E-state index contributed by atoms with van der Waals surface area (Å²) in [7, 11) is 1.86. The number of rotatable bonds is 2. The van der Waals surface area contributed by atoms with E-state index in [4.69, 9.17) is 0 Å². The average molecular weight is 297 g/mol. The van der Waals surface area contributed by atoms with Crippen molar-refractivity contribution in [3.63, 3.8) is 0 Å². The average Bonchev–Trinajstić information content (AvgIpc) is 2.84. The Kier molecular flexibility index (Phi) is 3.84. The highest BCUT2D eigenvalue weighted by Gasteiger charge is 2.26. The van der Waals surface area contributed by atoms with Gasteiger partial charge in [0.2, 0.25) is 5.91 Å². The molecule has 0 radical (unpaired) electrons. The third-order valence-electron chi connectivity index (χ3n) is 3.27. The maximum absolute atomic E-state index is 12.3. The normalized spacial score (nSPS) is 19.4. The molecule has 2 rings (SSSR count). The Hall–Kier alpha value is -0.870. The van der Waals surface area contributed by atoms with Crippen LogP contribution in [0.1, 0.15) is 12.0 Å². The Morgan fingerprint density at radius 3 is 2.94 bits per heavy atom. The Balaban J connectivity index is 2.20. The van der Waals surface area contributed by atoms with E-state index in [1.807, 2.05) is 32.2 Å². The second-order valence-electron chi connectivity index (χ2n) is 4.52. The highest BCUT2D eigenvalue weighted by molar-refractivity contribution is 9.10. The van der Waals surface area contributed by atoms with Crippen LogP contribution in [0.4, 0.5) is 5.69 Å². The van der Waals surface area contributed by atoms with Crippen molar-refractivity contribution in [2.75, 3.05) is 25.0 Å². The van der Waals surface area contributed by atoms with E-state index >= 15 is 0 Å². The molecule has 92 valence electrons. The summed E-state index contributed by atoms with van der Waals surface area (Å²) in [6, 6.07) is 6.01.